The van der Waals surface area contributed by atoms with Gasteiger partial charge < -0.3 is 9.80 Å². The van der Waals surface area contributed by atoms with E-state index in [1.165, 1.54) is 16.7 Å². The van der Waals surface area contributed by atoms with Gasteiger partial charge in [0.15, 0.2) is 0 Å². The second-order valence-corrected chi connectivity index (χ2v) is 13.6. The second-order valence-electron chi connectivity index (χ2n) is 13.6. The summed E-state index contributed by atoms with van der Waals surface area (Å²) in [5, 5.41) is 19.0. The van der Waals surface area contributed by atoms with Gasteiger partial charge in [-0.2, -0.15) is 10.5 Å². The Bertz CT molecular complexity index is 1900. The summed E-state index contributed by atoms with van der Waals surface area (Å²) in [6.45, 7) is 8.85. The number of rotatable bonds is 8. The predicted octanol–water partition coefficient (Wildman–Crippen LogP) is 8.82. The van der Waals surface area contributed by atoms with Crippen LogP contribution in [0, 0.1) is 29.6 Å². The van der Waals surface area contributed by atoms with Gasteiger partial charge in [-0.05, 0) is 42.0 Å². The van der Waals surface area contributed by atoms with E-state index in [1.54, 1.807) is 12.2 Å². The van der Waals surface area contributed by atoms with Crippen LogP contribution >= 0.6 is 0 Å². The Hall–Kier alpha value is -5.72. The van der Waals surface area contributed by atoms with Gasteiger partial charge in [-0.3, -0.25) is 9.59 Å². The number of nitriles is 2. The number of allylic oxidation sites excluding steroid dienone is 2. The number of likely N-dealkylation sites (tertiary alicyclic amines) is 2. The molecule has 0 N–H and O–H groups in total. The summed E-state index contributed by atoms with van der Waals surface area (Å²) in [4.78, 5) is 29.2. The molecule has 0 spiro atoms. The number of aryl methyl sites for hydroxylation is 1. The fourth-order valence-corrected chi connectivity index (χ4v) is 6.86. The van der Waals surface area contributed by atoms with E-state index in [1.807, 2.05) is 97.3 Å². The summed E-state index contributed by atoms with van der Waals surface area (Å²) >= 11 is 0. The highest BCUT2D eigenvalue weighted by molar-refractivity contribution is 5.98. The third kappa shape index (κ3) is 9.71. The Morgan fingerprint density at radius 3 is 1.37 bits per heavy atom. The highest BCUT2D eigenvalue weighted by Crippen LogP contribution is 2.30. The predicted molar refractivity (Wildman–Crippen MR) is 203 cm³/mol. The van der Waals surface area contributed by atoms with Gasteiger partial charge in [0, 0.05) is 49.9 Å². The molecule has 0 saturated carbocycles. The van der Waals surface area contributed by atoms with Crippen LogP contribution in [0.1, 0.15) is 78.2 Å². The minimum atomic E-state index is -0.149. The van der Waals surface area contributed by atoms with Crippen molar-refractivity contribution in [3.8, 4) is 12.1 Å². The molecular weight excluding hydrogens is 629 g/mol. The first kappa shape index (κ1) is 36.6. The molecule has 258 valence electrons. The fourth-order valence-electron chi connectivity index (χ4n) is 6.86. The Balaban J connectivity index is 0.000000198. The minimum absolute atomic E-state index is 0.0294. The summed E-state index contributed by atoms with van der Waals surface area (Å²) in [6, 6.07) is 42.9. The average molecular weight is 675 g/mol. The largest absolute Gasteiger partial charge is 0.337 e. The lowest BCUT2D eigenvalue weighted by Crippen LogP contribution is -2.29. The Labute approximate surface area is 303 Å². The van der Waals surface area contributed by atoms with Crippen molar-refractivity contribution in [1.82, 2.24) is 9.80 Å². The zero-order chi connectivity index (χ0) is 36.2. The molecule has 0 radical (unpaired) electrons. The van der Waals surface area contributed by atoms with Crippen LogP contribution in [0.4, 0.5) is 0 Å². The van der Waals surface area contributed by atoms with Crippen molar-refractivity contribution in [1.29, 1.82) is 10.5 Å². The van der Waals surface area contributed by atoms with E-state index < -0.39 is 0 Å². The summed E-state index contributed by atoms with van der Waals surface area (Å²) in [7, 11) is 0. The normalized spacial score (nSPS) is 18.5. The smallest absolute Gasteiger partial charge is 0.264 e. The summed E-state index contributed by atoms with van der Waals surface area (Å²) in [5.74, 6) is 0.480. The van der Waals surface area contributed by atoms with Gasteiger partial charge in [0.2, 0.25) is 0 Å². The highest BCUT2D eigenvalue weighted by Gasteiger charge is 2.30. The molecule has 6 heteroatoms. The SMILES string of the molecule is C[C@@H](/C=C(\C#N)C(=O)N1CC[C@@H](c2ccccc2)C1)c1ccccc1.Cc1ccc(C(C)/C=C(\C#N)C(=O)N2CCC(c3ccccc3)C2)cc1. The highest BCUT2D eigenvalue weighted by atomic mass is 16.2. The number of benzene rings is 4. The summed E-state index contributed by atoms with van der Waals surface area (Å²) in [6.07, 6.45) is 5.47. The zero-order valence-corrected chi connectivity index (χ0v) is 29.8. The molecule has 0 aliphatic carbocycles. The van der Waals surface area contributed by atoms with E-state index in [0.29, 0.717) is 38.0 Å². The van der Waals surface area contributed by atoms with Crippen LogP contribution in [0.25, 0.3) is 0 Å². The van der Waals surface area contributed by atoms with Crippen LogP contribution in [-0.2, 0) is 9.59 Å². The van der Waals surface area contributed by atoms with Crippen LogP contribution in [0.2, 0.25) is 0 Å². The molecule has 2 unspecified atom stereocenters. The van der Waals surface area contributed by atoms with Gasteiger partial charge in [0.1, 0.15) is 23.3 Å². The maximum atomic E-state index is 12.8. The first-order valence-corrected chi connectivity index (χ1v) is 17.8. The van der Waals surface area contributed by atoms with Gasteiger partial charge >= 0.3 is 0 Å². The summed E-state index contributed by atoms with van der Waals surface area (Å²) in [5.41, 5.74) is 6.42. The number of hydrogen-bond acceptors (Lipinski definition) is 4. The number of carbonyl (C=O) groups excluding carboxylic acids is 2. The number of amides is 2. The van der Waals surface area contributed by atoms with Crippen molar-refractivity contribution in [3.63, 3.8) is 0 Å². The molecule has 2 saturated heterocycles. The van der Waals surface area contributed by atoms with Gasteiger partial charge in [-0.25, -0.2) is 0 Å². The van der Waals surface area contributed by atoms with Crippen molar-refractivity contribution in [2.24, 2.45) is 0 Å². The first-order chi connectivity index (χ1) is 24.8. The number of nitrogens with zero attached hydrogens (tertiary/aromatic N) is 4. The molecule has 0 bridgehead atoms. The molecule has 0 aromatic heterocycles. The third-order valence-corrected chi connectivity index (χ3v) is 9.96. The lowest BCUT2D eigenvalue weighted by Gasteiger charge is -2.17. The fraction of sp³-hybridized carbons (Fsp3) is 0.289. The average Bonchev–Trinajstić information content (AvgIpc) is 3.89. The van der Waals surface area contributed by atoms with E-state index >= 15 is 0 Å². The minimum Gasteiger partial charge on any atom is -0.337 e. The topological polar surface area (TPSA) is 88.2 Å². The van der Waals surface area contributed by atoms with Crippen molar-refractivity contribution < 1.29 is 9.59 Å². The van der Waals surface area contributed by atoms with E-state index in [0.717, 1.165) is 24.0 Å². The number of carbonyl (C=O) groups is 2. The van der Waals surface area contributed by atoms with E-state index in [2.05, 4.69) is 60.7 Å². The van der Waals surface area contributed by atoms with E-state index in [-0.39, 0.29) is 34.8 Å². The third-order valence-electron chi connectivity index (χ3n) is 9.96. The molecule has 2 fully saturated rings. The van der Waals surface area contributed by atoms with Crippen molar-refractivity contribution >= 4 is 11.8 Å². The molecular formula is C45H46N4O2. The van der Waals surface area contributed by atoms with E-state index in [9.17, 15) is 20.1 Å². The first-order valence-electron chi connectivity index (χ1n) is 17.8. The molecule has 2 aliphatic heterocycles. The van der Waals surface area contributed by atoms with Gasteiger partial charge in [0.25, 0.3) is 11.8 Å². The van der Waals surface area contributed by atoms with Crippen molar-refractivity contribution in [2.45, 2.75) is 57.3 Å². The molecule has 4 aromatic rings. The van der Waals surface area contributed by atoms with Crippen LogP contribution < -0.4 is 0 Å². The van der Waals surface area contributed by atoms with Gasteiger partial charge in [0.05, 0.1) is 0 Å². The van der Waals surface area contributed by atoms with Crippen LogP contribution in [-0.4, -0.2) is 47.8 Å². The molecule has 6 nitrogen and oxygen atoms in total. The second kappa shape index (κ2) is 17.8. The molecule has 2 heterocycles. The summed E-state index contributed by atoms with van der Waals surface area (Å²) < 4.78 is 0. The standard InChI is InChI=1S/C23H24N2O.C22H22N2O/c1-17-8-10-19(11-9-17)18(2)14-22(15-24)23(26)25-13-12-21(16-25)20-6-4-3-5-7-20;1-17(18-8-4-2-5-9-18)14-21(15-23)22(25)24-13-12-20(16-24)19-10-6-3-7-11-19/h3-11,14,18,21H,12-13,16H2,1-2H3;2-11,14,17,20H,12-13,16H2,1H3/b22-14+;21-14+/t;17-,20+/m.0/s1. The molecule has 4 aromatic carbocycles. The Morgan fingerprint density at radius 2 is 0.980 bits per heavy atom. The lowest BCUT2D eigenvalue weighted by atomic mass is 9.97. The Morgan fingerprint density at radius 1 is 0.608 bits per heavy atom. The molecule has 2 amide bonds. The Kier molecular flexibility index (Phi) is 12.8. The number of hydrogen-bond donors (Lipinski definition) is 0. The monoisotopic (exact) mass is 674 g/mol. The van der Waals surface area contributed by atoms with Gasteiger partial charge in [-0.1, -0.05) is 147 Å². The molecule has 2 aliphatic rings. The van der Waals surface area contributed by atoms with Crippen LogP contribution in [0.5, 0.6) is 0 Å². The van der Waals surface area contributed by atoms with Crippen LogP contribution in [0.3, 0.4) is 0 Å². The lowest BCUT2D eigenvalue weighted by molar-refractivity contribution is -0.126. The maximum absolute atomic E-state index is 12.8. The molecule has 4 atom stereocenters. The quantitative estimate of drug-likeness (QED) is 0.138. The van der Waals surface area contributed by atoms with E-state index in [4.69, 9.17) is 0 Å². The maximum Gasteiger partial charge on any atom is 0.264 e. The van der Waals surface area contributed by atoms with Crippen molar-refractivity contribution in [2.75, 3.05) is 26.2 Å². The van der Waals surface area contributed by atoms with Crippen molar-refractivity contribution in [3.05, 3.63) is 166 Å². The molecule has 6 rings (SSSR count). The molecule has 51 heavy (non-hydrogen) atoms. The zero-order valence-electron chi connectivity index (χ0n) is 29.8. The van der Waals surface area contributed by atoms with Gasteiger partial charge in [-0.15, -0.1) is 0 Å². The van der Waals surface area contributed by atoms with Crippen LogP contribution in [0.15, 0.2) is 139 Å².